The largest absolute Gasteiger partial charge is 0.508 e. The molecular formula is C21H24N2O7S. The van der Waals surface area contributed by atoms with Gasteiger partial charge in [-0.05, 0) is 25.1 Å². The normalized spacial score (nSPS) is 11.9. The number of carbonyl (C=O) groups excluding carboxylic acids is 1. The monoisotopic (exact) mass is 448 g/mol. The van der Waals surface area contributed by atoms with Gasteiger partial charge in [0.25, 0.3) is 0 Å². The summed E-state index contributed by atoms with van der Waals surface area (Å²) in [7, 11) is -2.17. The number of hydrogen-bond donors (Lipinski definition) is 1. The average Bonchev–Trinajstić information content (AvgIpc) is 3.12. The maximum Gasteiger partial charge on any atom is 0.355 e. The molecule has 0 spiro atoms. The molecule has 1 N–H and O–H groups in total. The molecule has 0 aliphatic carbocycles. The van der Waals surface area contributed by atoms with Crippen LogP contribution >= 0.6 is 0 Å². The summed E-state index contributed by atoms with van der Waals surface area (Å²) >= 11 is 0. The minimum atomic E-state index is -3.72. The molecule has 0 radical (unpaired) electrons. The van der Waals surface area contributed by atoms with Crippen LogP contribution in [0.25, 0.3) is 11.0 Å². The van der Waals surface area contributed by atoms with E-state index in [9.17, 15) is 23.1 Å². The lowest BCUT2D eigenvalue weighted by atomic mass is 10.1. The Morgan fingerprint density at radius 3 is 2.55 bits per heavy atom. The van der Waals surface area contributed by atoms with Crippen molar-refractivity contribution in [3.05, 3.63) is 57.7 Å². The van der Waals surface area contributed by atoms with Gasteiger partial charge in [0.05, 0.1) is 0 Å². The van der Waals surface area contributed by atoms with Gasteiger partial charge in [-0.25, -0.2) is 18.0 Å². The standard InChI is InChI=1S/C21H24N2O7S/c1-5-23(6-2)31(27,28)15-10-17(22(4)11-15)21(26)29-12-14-9-19(25)30-20-13(3)18(24)8-7-16(14)20/h7-11,24H,5-6,12H2,1-4H3. The highest BCUT2D eigenvalue weighted by Gasteiger charge is 2.26. The highest BCUT2D eigenvalue weighted by molar-refractivity contribution is 7.89. The Kier molecular flexibility index (Phi) is 6.23. The SMILES string of the molecule is CCN(CC)S(=O)(=O)c1cc(C(=O)OCc2cc(=O)oc3c(C)c(O)ccc23)n(C)c1. The van der Waals surface area contributed by atoms with Crippen LogP contribution in [-0.4, -0.2) is 41.5 Å². The number of phenolic OH excluding ortho intramolecular Hbond substituents is 1. The Hall–Kier alpha value is -3.11. The molecule has 3 aromatic rings. The van der Waals surface area contributed by atoms with Gasteiger partial charge in [0.15, 0.2) is 0 Å². The molecule has 2 aromatic heterocycles. The molecule has 0 atom stereocenters. The molecule has 166 valence electrons. The lowest BCUT2D eigenvalue weighted by Gasteiger charge is -2.17. The molecular weight excluding hydrogens is 424 g/mol. The van der Waals surface area contributed by atoms with Crippen molar-refractivity contribution in [2.24, 2.45) is 7.05 Å². The fourth-order valence-corrected chi connectivity index (χ4v) is 4.87. The summed E-state index contributed by atoms with van der Waals surface area (Å²) in [4.78, 5) is 24.5. The molecule has 1 aromatic carbocycles. The second-order valence-electron chi connectivity index (χ2n) is 7.01. The number of hydrogen-bond acceptors (Lipinski definition) is 7. The van der Waals surface area contributed by atoms with E-state index in [0.29, 0.717) is 29.6 Å². The van der Waals surface area contributed by atoms with Crippen molar-refractivity contribution in [1.29, 1.82) is 0 Å². The molecule has 3 rings (SSSR count). The lowest BCUT2D eigenvalue weighted by Crippen LogP contribution is -2.30. The first-order valence-corrected chi connectivity index (χ1v) is 11.1. The summed E-state index contributed by atoms with van der Waals surface area (Å²) in [6, 6.07) is 5.52. The Morgan fingerprint density at radius 1 is 1.23 bits per heavy atom. The van der Waals surface area contributed by atoms with Crippen LogP contribution in [0.4, 0.5) is 0 Å². The minimum absolute atomic E-state index is 0.00237. The maximum absolute atomic E-state index is 12.7. The quantitative estimate of drug-likeness (QED) is 0.436. The van der Waals surface area contributed by atoms with Crippen LogP contribution in [0.3, 0.4) is 0 Å². The van der Waals surface area contributed by atoms with E-state index in [1.165, 1.54) is 33.3 Å². The first kappa shape index (κ1) is 22.6. The Balaban J connectivity index is 1.88. The van der Waals surface area contributed by atoms with Crippen molar-refractivity contribution in [2.75, 3.05) is 13.1 Å². The molecule has 2 heterocycles. The number of aryl methyl sites for hydroxylation is 2. The molecule has 0 saturated carbocycles. The first-order chi connectivity index (χ1) is 14.6. The number of benzene rings is 1. The van der Waals surface area contributed by atoms with Crippen LogP contribution in [0.1, 0.15) is 35.5 Å². The number of esters is 1. The molecule has 0 amide bonds. The van der Waals surface area contributed by atoms with E-state index >= 15 is 0 Å². The summed E-state index contributed by atoms with van der Waals surface area (Å²) in [5, 5.41) is 10.4. The number of carbonyl (C=O) groups is 1. The van der Waals surface area contributed by atoms with Gasteiger partial charge >= 0.3 is 11.6 Å². The van der Waals surface area contributed by atoms with E-state index in [4.69, 9.17) is 9.15 Å². The Morgan fingerprint density at radius 2 is 1.90 bits per heavy atom. The summed E-state index contributed by atoms with van der Waals surface area (Å²) in [6.45, 7) is 5.48. The average molecular weight is 448 g/mol. The lowest BCUT2D eigenvalue weighted by molar-refractivity contribution is 0.0462. The highest BCUT2D eigenvalue weighted by atomic mass is 32.2. The molecule has 9 nitrogen and oxygen atoms in total. The minimum Gasteiger partial charge on any atom is -0.508 e. The molecule has 10 heteroatoms. The molecule has 0 aliphatic heterocycles. The van der Waals surface area contributed by atoms with E-state index < -0.39 is 21.6 Å². The maximum atomic E-state index is 12.7. The fourth-order valence-electron chi connectivity index (χ4n) is 3.34. The van der Waals surface area contributed by atoms with Crippen LogP contribution in [0.2, 0.25) is 0 Å². The van der Waals surface area contributed by atoms with Gasteiger partial charge in [-0.2, -0.15) is 4.31 Å². The summed E-state index contributed by atoms with van der Waals surface area (Å²) in [6.07, 6.45) is 1.36. The van der Waals surface area contributed by atoms with Gasteiger partial charge in [-0.15, -0.1) is 0 Å². The zero-order chi connectivity index (χ0) is 22.9. The number of fused-ring (bicyclic) bond motifs is 1. The van der Waals surface area contributed by atoms with Crippen molar-refractivity contribution in [2.45, 2.75) is 32.3 Å². The second kappa shape index (κ2) is 8.56. The number of nitrogens with zero attached hydrogens (tertiary/aromatic N) is 2. The third-order valence-electron chi connectivity index (χ3n) is 5.11. The Labute approximate surface area is 179 Å². The molecule has 0 unspecified atom stereocenters. The van der Waals surface area contributed by atoms with Crippen molar-refractivity contribution in [3.63, 3.8) is 0 Å². The van der Waals surface area contributed by atoms with Crippen LogP contribution in [0.5, 0.6) is 5.75 Å². The summed E-state index contributed by atoms with van der Waals surface area (Å²) in [5.41, 5.74) is 0.444. The van der Waals surface area contributed by atoms with E-state index in [2.05, 4.69) is 0 Å². The molecule has 0 bridgehead atoms. The molecule has 0 fully saturated rings. The number of aromatic hydroxyl groups is 1. The van der Waals surface area contributed by atoms with Gasteiger partial charge in [0, 0.05) is 48.9 Å². The van der Waals surface area contributed by atoms with E-state index in [-0.39, 0.29) is 28.5 Å². The number of ether oxygens (including phenoxy) is 1. The van der Waals surface area contributed by atoms with E-state index in [1.54, 1.807) is 33.9 Å². The van der Waals surface area contributed by atoms with Crippen molar-refractivity contribution in [3.8, 4) is 5.75 Å². The zero-order valence-corrected chi connectivity index (χ0v) is 18.5. The third kappa shape index (κ3) is 4.21. The van der Waals surface area contributed by atoms with Gasteiger partial charge < -0.3 is 18.8 Å². The molecule has 0 saturated heterocycles. The van der Waals surface area contributed by atoms with Crippen LogP contribution in [-0.2, 0) is 28.4 Å². The Bertz CT molecular complexity index is 1300. The summed E-state index contributed by atoms with van der Waals surface area (Å²) in [5.74, 6) is -0.754. The van der Waals surface area contributed by atoms with Gasteiger partial charge in [-0.3, -0.25) is 0 Å². The van der Waals surface area contributed by atoms with Gasteiger partial charge in [0.2, 0.25) is 10.0 Å². The topological polar surface area (TPSA) is 119 Å². The van der Waals surface area contributed by atoms with E-state index in [0.717, 1.165) is 0 Å². The summed E-state index contributed by atoms with van der Waals surface area (Å²) < 4.78 is 38.6. The molecule has 31 heavy (non-hydrogen) atoms. The predicted octanol–water partition coefficient (Wildman–Crippen LogP) is 2.53. The number of phenols is 1. The number of rotatable bonds is 7. The fraction of sp³-hybridized carbons (Fsp3) is 0.333. The molecule has 0 aliphatic rings. The zero-order valence-electron chi connectivity index (χ0n) is 17.7. The van der Waals surface area contributed by atoms with Crippen LogP contribution in [0, 0.1) is 6.92 Å². The van der Waals surface area contributed by atoms with Crippen molar-refractivity contribution in [1.82, 2.24) is 8.87 Å². The van der Waals surface area contributed by atoms with Crippen molar-refractivity contribution >= 4 is 27.0 Å². The highest BCUT2D eigenvalue weighted by Crippen LogP contribution is 2.28. The number of sulfonamides is 1. The van der Waals surface area contributed by atoms with Gasteiger partial charge in [-0.1, -0.05) is 13.8 Å². The van der Waals surface area contributed by atoms with Gasteiger partial charge in [0.1, 0.15) is 28.5 Å². The van der Waals surface area contributed by atoms with Crippen LogP contribution in [0.15, 0.2) is 44.6 Å². The first-order valence-electron chi connectivity index (χ1n) is 9.69. The van der Waals surface area contributed by atoms with Crippen molar-refractivity contribution < 1.29 is 27.5 Å². The third-order valence-corrected chi connectivity index (χ3v) is 7.12. The van der Waals surface area contributed by atoms with E-state index in [1.807, 2.05) is 0 Å². The second-order valence-corrected chi connectivity index (χ2v) is 8.95. The number of aromatic nitrogens is 1. The van der Waals surface area contributed by atoms with Crippen LogP contribution < -0.4 is 5.63 Å². The smallest absolute Gasteiger partial charge is 0.355 e. The predicted molar refractivity (Wildman–Crippen MR) is 114 cm³/mol.